The van der Waals surface area contributed by atoms with E-state index in [0.29, 0.717) is 12.0 Å². The second-order valence-corrected chi connectivity index (χ2v) is 4.62. The summed E-state index contributed by atoms with van der Waals surface area (Å²) in [6.07, 6.45) is 2.10. The summed E-state index contributed by atoms with van der Waals surface area (Å²) in [5.74, 6) is 1.59. The molecule has 1 aliphatic heterocycles. The van der Waals surface area contributed by atoms with E-state index in [1.54, 1.807) is 0 Å². The lowest BCUT2D eigenvalue weighted by Gasteiger charge is -2.22. The highest BCUT2D eigenvalue weighted by atomic mass is 32.1. The van der Waals surface area contributed by atoms with Gasteiger partial charge in [0.1, 0.15) is 5.82 Å². The van der Waals surface area contributed by atoms with E-state index in [1.807, 2.05) is 0 Å². The van der Waals surface area contributed by atoms with Crippen LogP contribution in [-0.4, -0.2) is 28.0 Å². The third kappa shape index (κ3) is 2.13. The number of nitrogens with one attached hydrogen (secondary N) is 1. The van der Waals surface area contributed by atoms with Crippen molar-refractivity contribution in [3.8, 4) is 0 Å². The maximum absolute atomic E-state index is 5.36. The summed E-state index contributed by atoms with van der Waals surface area (Å²) in [6, 6.07) is 0.370. The first-order valence-corrected chi connectivity index (χ1v) is 5.85. The minimum absolute atomic E-state index is 0.370. The molecule has 0 aliphatic carbocycles. The summed E-state index contributed by atoms with van der Waals surface area (Å²) in [5.41, 5.74) is 0. The van der Waals surface area contributed by atoms with Crippen molar-refractivity contribution in [2.45, 2.75) is 38.6 Å². The van der Waals surface area contributed by atoms with Crippen molar-refractivity contribution >= 4 is 12.2 Å². The van der Waals surface area contributed by atoms with E-state index in [2.05, 4.69) is 28.6 Å². The highest BCUT2D eigenvalue weighted by molar-refractivity contribution is 7.71. The first kappa shape index (κ1) is 10.8. The summed E-state index contributed by atoms with van der Waals surface area (Å²) in [7, 11) is 0. The van der Waals surface area contributed by atoms with Crippen molar-refractivity contribution in [1.82, 2.24) is 14.8 Å². The lowest BCUT2D eigenvalue weighted by atomic mass is 9.99. The maximum Gasteiger partial charge on any atom is 0.195 e. The van der Waals surface area contributed by atoms with Gasteiger partial charge in [0.2, 0.25) is 0 Å². The van der Waals surface area contributed by atoms with Crippen molar-refractivity contribution < 1.29 is 4.74 Å². The molecule has 1 aliphatic rings. The predicted molar refractivity (Wildman–Crippen MR) is 60.6 cm³/mol. The van der Waals surface area contributed by atoms with Crippen LogP contribution in [0.15, 0.2) is 0 Å². The van der Waals surface area contributed by atoms with E-state index >= 15 is 0 Å². The predicted octanol–water partition coefficient (Wildman–Crippen LogP) is 2.42. The first-order valence-electron chi connectivity index (χ1n) is 5.44. The monoisotopic (exact) mass is 227 g/mol. The second kappa shape index (κ2) is 4.45. The average molecular weight is 227 g/mol. The van der Waals surface area contributed by atoms with Crippen LogP contribution in [0.5, 0.6) is 0 Å². The molecule has 1 aromatic heterocycles. The van der Waals surface area contributed by atoms with E-state index in [0.717, 1.165) is 36.7 Å². The molecule has 2 rings (SSSR count). The van der Waals surface area contributed by atoms with Crippen LogP contribution in [0.3, 0.4) is 0 Å². The van der Waals surface area contributed by atoms with Crippen LogP contribution in [0.25, 0.3) is 0 Å². The van der Waals surface area contributed by atoms with E-state index in [1.165, 1.54) is 0 Å². The number of ether oxygens (including phenoxy) is 1. The SMILES string of the molecule is CC(C)n1c(C2CCOCC2)n[nH]c1=S. The van der Waals surface area contributed by atoms with Crippen LogP contribution in [0.2, 0.25) is 0 Å². The summed E-state index contributed by atoms with van der Waals surface area (Å²) in [4.78, 5) is 0. The topological polar surface area (TPSA) is 42.8 Å². The van der Waals surface area contributed by atoms with Crippen LogP contribution in [0.4, 0.5) is 0 Å². The van der Waals surface area contributed by atoms with Gasteiger partial charge in [-0.3, -0.25) is 5.10 Å². The van der Waals surface area contributed by atoms with Gasteiger partial charge in [-0.15, -0.1) is 0 Å². The quantitative estimate of drug-likeness (QED) is 0.789. The second-order valence-electron chi connectivity index (χ2n) is 4.24. The Morgan fingerprint density at radius 1 is 1.47 bits per heavy atom. The molecule has 4 nitrogen and oxygen atoms in total. The Balaban J connectivity index is 2.30. The molecule has 0 bridgehead atoms. The van der Waals surface area contributed by atoms with E-state index in [4.69, 9.17) is 17.0 Å². The number of aromatic amines is 1. The largest absolute Gasteiger partial charge is 0.381 e. The lowest BCUT2D eigenvalue weighted by molar-refractivity contribution is 0.0825. The zero-order chi connectivity index (χ0) is 10.8. The van der Waals surface area contributed by atoms with Gasteiger partial charge in [-0.25, -0.2) is 0 Å². The van der Waals surface area contributed by atoms with Crippen LogP contribution in [-0.2, 0) is 4.74 Å². The van der Waals surface area contributed by atoms with Crippen molar-refractivity contribution in [1.29, 1.82) is 0 Å². The minimum Gasteiger partial charge on any atom is -0.381 e. The Bertz CT molecular complexity index is 376. The molecule has 2 heterocycles. The molecule has 0 radical (unpaired) electrons. The van der Waals surface area contributed by atoms with E-state index in [9.17, 15) is 0 Å². The fraction of sp³-hybridized carbons (Fsp3) is 0.800. The van der Waals surface area contributed by atoms with Crippen LogP contribution >= 0.6 is 12.2 Å². The summed E-state index contributed by atoms with van der Waals surface area (Å²) in [5, 5.41) is 7.24. The van der Waals surface area contributed by atoms with E-state index in [-0.39, 0.29) is 0 Å². The van der Waals surface area contributed by atoms with Crippen molar-refractivity contribution in [3.63, 3.8) is 0 Å². The van der Waals surface area contributed by atoms with Gasteiger partial charge in [0.05, 0.1) is 0 Å². The highest BCUT2D eigenvalue weighted by Crippen LogP contribution is 2.26. The van der Waals surface area contributed by atoms with Crippen LogP contribution in [0, 0.1) is 4.77 Å². The van der Waals surface area contributed by atoms with Gasteiger partial charge >= 0.3 is 0 Å². The molecule has 0 unspecified atom stereocenters. The van der Waals surface area contributed by atoms with Gasteiger partial charge < -0.3 is 9.30 Å². The Morgan fingerprint density at radius 3 is 2.73 bits per heavy atom. The molecule has 15 heavy (non-hydrogen) atoms. The molecule has 0 saturated carbocycles. The van der Waals surface area contributed by atoms with Crippen molar-refractivity contribution in [2.24, 2.45) is 0 Å². The third-order valence-corrected chi connectivity index (χ3v) is 3.12. The van der Waals surface area contributed by atoms with E-state index < -0.39 is 0 Å². The smallest absolute Gasteiger partial charge is 0.195 e. The molecule has 1 fully saturated rings. The normalized spacial score (nSPS) is 18.6. The summed E-state index contributed by atoms with van der Waals surface area (Å²) >= 11 is 5.23. The molecular formula is C10H17N3OS. The fourth-order valence-corrected chi connectivity index (χ4v) is 2.41. The van der Waals surface area contributed by atoms with Crippen molar-refractivity contribution in [2.75, 3.05) is 13.2 Å². The minimum atomic E-state index is 0.370. The molecule has 0 amide bonds. The molecule has 0 atom stereocenters. The van der Waals surface area contributed by atoms with Crippen LogP contribution < -0.4 is 0 Å². The molecule has 1 saturated heterocycles. The third-order valence-electron chi connectivity index (χ3n) is 2.83. The molecule has 5 heteroatoms. The fourth-order valence-electron chi connectivity index (χ4n) is 2.06. The molecule has 0 aromatic carbocycles. The maximum atomic E-state index is 5.36. The molecular weight excluding hydrogens is 210 g/mol. The van der Waals surface area contributed by atoms with Gasteiger partial charge in [-0.1, -0.05) is 0 Å². The zero-order valence-electron chi connectivity index (χ0n) is 9.19. The number of hydrogen-bond acceptors (Lipinski definition) is 3. The number of nitrogens with zero attached hydrogens (tertiary/aromatic N) is 2. The van der Waals surface area contributed by atoms with Gasteiger partial charge in [0.25, 0.3) is 0 Å². The van der Waals surface area contributed by atoms with Crippen LogP contribution in [0.1, 0.15) is 44.5 Å². The standard InChI is InChI=1S/C10H17N3OS/c1-7(2)13-9(11-12-10(13)15)8-3-5-14-6-4-8/h7-8H,3-6H2,1-2H3,(H,12,15). The number of H-pyrrole nitrogens is 1. The highest BCUT2D eigenvalue weighted by Gasteiger charge is 2.22. The van der Waals surface area contributed by atoms with Gasteiger partial charge in [-0.2, -0.15) is 5.10 Å². The Morgan fingerprint density at radius 2 is 2.13 bits per heavy atom. The lowest BCUT2D eigenvalue weighted by Crippen LogP contribution is -2.19. The van der Waals surface area contributed by atoms with Gasteiger partial charge in [-0.05, 0) is 38.9 Å². The molecule has 0 spiro atoms. The molecule has 84 valence electrons. The molecule has 1 aromatic rings. The van der Waals surface area contributed by atoms with Gasteiger partial charge in [0.15, 0.2) is 4.77 Å². The summed E-state index contributed by atoms with van der Waals surface area (Å²) in [6.45, 7) is 5.94. The number of rotatable bonds is 2. The first-order chi connectivity index (χ1) is 7.20. The number of hydrogen-bond donors (Lipinski definition) is 1. The Labute approximate surface area is 94.6 Å². The Kier molecular flexibility index (Phi) is 3.21. The average Bonchev–Trinajstić information content (AvgIpc) is 2.61. The summed E-state index contributed by atoms with van der Waals surface area (Å²) < 4.78 is 8.20. The number of aromatic nitrogens is 3. The van der Waals surface area contributed by atoms with Gasteiger partial charge in [0, 0.05) is 25.2 Å². The molecule has 1 N–H and O–H groups in total. The Hall–Kier alpha value is -0.680. The zero-order valence-corrected chi connectivity index (χ0v) is 10.0. The van der Waals surface area contributed by atoms with Crippen molar-refractivity contribution in [3.05, 3.63) is 10.6 Å².